The number of nitrogens with zero attached hydrogens (tertiary/aromatic N) is 4. The summed E-state index contributed by atoms with van der Waals surface area (Å²) in [4.78, 5) is 19.0. The van der Waals surface area contributed by atoms with Crippen molar-refractivity contribution in [3.8, 4) is 56.5 Å². The first-order valence-electron chi connectivity index (χ1n) is 12.2. The van der Waals surface area contributed by atoms with Crippen molar-refractivity contribution in [3.63, 3.8) is 0 Å². The number of benzene rings is 4. The van der Waals surface area contributed by atoms with E-state index in [9.17, 15) is 0 Å². The Kier molecular flexibility index (Phi) is 6.05. The molecule has 4 nitrogen and oxygen atoms in total. The van der Waals surface area contributed by atoms with Crippen LogP contribution in [0, 0.1) is 6.92 Å². The smallest absolute Gasteiger partial charge is 0.164 e. The maximum atomic E-state index is 4.89. The molecule has 6 rings (SSSR count). The third-order valence-corrected chi connectivity index (χ3v) is 6.28. The molecule has 0 radical (unpaired) electrons. The van der Waals surface area contributed by atoms with E-state index in [1.807, 2.05) is 54.7 Å². The summed E-state index contributed by atoms with van der Waals surface area (Å²) < 4.78 is 0. The van der Waals surface area contributed by atoms with E-state index in [-0.39, 0.29) is 0 Å². The largest absolute Gasteiger partial charge is 0.256 e. The first-order valence-corrected chi connectivity index (χ1v) is 12.2. The van der Waals surface area contributed by atoms with Crippen molar-refractivity contribution in [2.75, 3.05) is 0 Å². The van der Waals surface area contributed by atoms with Crippen molar-refractivity contribution in [3.05, 3.63) is 133 Å². The van der Waals surface area contributed by atoms with Crippen molar-refractivity contribution in [1.29, 1.82) is 0 Å². The minimum Gasteiger partial charge on any atom is -0.256 e. The molecule has 6 aromatic rings. The molecule has 0 aliphatic heterocycles. The monoisotopic (exact) mass is 476 g/mol. The highest BCUT2D eigenvalue weighted by molar-refractivity contribution is 5.74. The molecule has 0 spiro atoms. The first-order chi connectivity index (χ1) is 18.2. The van der Waals surface area contributed by atoms with Gasteiger partial charge >= 0.3 is 0 Å². The molecule has 0 saturated carbocycles. The molecule has 0 fully saturated rings. The molecule has 2 heterocycles. The summed E-state index contributed by atoms with van der Waals surface area (Å²) in [5, 5.41) is 0. The second kappa shape index (κ2) is 9.96. The van der Waals surface area contributed by atoms with Gasteiger partial charge in [-0.2, -0.15) is 0 Å². The van der Waals surface area contributed by atoms with Gasteiger partial charge in [0.05, 0.1) is 5.69 Å². The molecule has 176 valence electrons. The predicted molar refractivity (Wildman–Crippen MR) is 150 cm³/mol. The topological polar surface area (TPSA) is 51.6 Å². The number of rotatable bonds is 5. The normalized spacial score (nSPS) is 10.8. The Balaban J connectivity index is 1.41. The third-order valence-electron chi connectivity index (χ3n) is 6.28. The number of aromatic nitrogens is 4. The molecule has 0 aliphatic carbocycles. The number of pyridine rings is 1. The second-order valence-electron chi connectivity index (χ2n) is 8.91. The average molecular weight is 477 g/mol. The van der Waals surface area contributed by atoms with Gasteiger partial charge in [-0.15, -0.1) is 0 Å². The quantitative estimate of drug-likeness (QED) is 0.254. The average Bonchev–Trinajstić information content (AvgIpc) is 2.98. The standard InChI is InChI=1S/C33H24N4/c1-23-13-15-27(16-14-23)32-35-31(26-8-3-2-4-9-26)36-33(37-32)29-11-7-10-28(22-29)24-17-19-25(20-18-24)30-12-5-6-21-34-30/h2-22H,1H3. The van der Waals surface area contributed by atoms with E-state index in [0.29, 0.717) is 17.5 Å². The summed E-state index contributed by atoms with van der Waals surface area (Å²) in [5.41, 5.74) is 8.34. The summed E-state index contributed by atoms with van der Waals surface area (Å²) >= 11 is 0. The van der Waals surface area contributed by atoms with Gasteiger partial charge in [-0.05, 0) is 36.2 Å². The summed E-state index contributed by atoms with van der Waals surface area (Å²) in [5.74, 6) is 1.97. The molecule has 2 aromatic heterocycles. The van der Waals surface area contributed by atoms with Crippen LogP contribution in [0.3, 0.4) is 0 Å². The highest BCUT2D eigenvalue weighted by Crippen LogP contribution is 2.29. The van der Waals surface area contributed by atoms with Crippen LogP contribution in [0.2, 0.25) is 0 Å². The Morgan fingerprint density at radius 2 is 0.946 bits per heavy atom. The van der Waals surface area contributed by atoms with Crippen LogP contribution in [0.4, 0.5) is 0 Å². The zero-order valence-electron chi connectivity index (χ0n) is 20.4. The molecule has 0 bridgehead atoms. The molecular formula is C33H24N4. The molecule has 0 N–H and O–H groups in total. The Bertz CT molecular complexity index is 1640. The van der Waals surface area contributed by atoms with E-state index in [2.05, 4.69) is 84.7 Å². The maximum Gasteiger partial charge on any atom is 0.164 e. The summed E-state index contributed by atoms with van der Waals surface area (Å²) in [6, 6.07) is 41.1. The molecule has 37 heavy (non-hydrogen) atoms. The lowest BCUT2D eigenvalue weighted by atomic mass is 10.0. The van der Waals surface area contributed by atoms with E-state index in [1.54, 1.807) is 0 Å². The highest BCUT2D eigenvalue weighted by atomic mass is 15.0. The van der Waals surface area contributed by atoms with E-state index in [4.69, 9.17) is 15.0 Å². The summed E-state index contributed by atoms with van der Waals surface area (Å²) in [6.45, 7) is 2.08. The summed E-state index contributed by atoms with van der Waals surface area (Å²) in [6.07, 6.45) is 1.82. The Morgan fingerprint density at radius 3 is 1.62 bits per heavy atom. The molecule has 0 atom stereocenters. The van der Waals surface area contributed by atoms with Gasteiger partial charge < -0.3 is 0 Å². The van der Waals surface area contributed by atoms with Crippen molar-refractivity contribution >= 4 is 0 Å². The van der Waals surface area contributed by atoms with Gasteiger partial charge in [-0.25, -0.2) is 15.0 Å². The van der Waals surface area contributed by atoms with Gasteiger partial charge in [0.2, 0.25) is 0 Å². The zero-order chi connectivity index (χ0) is 25.0. The summed E-state index contributed by atoms with van der Waals surface area (Å²) in [7, 11) is 0. The molecule has 0 saturated heterocycles. The highest BCUT2D eigenvalue weighted by Gasteiger charge is 2.13. The molecule has 0 aliphatic rings. The Labute approximate surface area is 216 Å². The van der Waals surface area contributed by atoms with Crippen LogP contribution < -0.4 is 0 Å². The fourth-order valence-corrected chi connectivity index (χ4v) is 4.26. The lowest BCUT2D eigenvalue weighted by Crippen LogP contribution is -2.00. The van der Waals surface area contributed by atoms with Crippen LogP contribution >= 0.6 is 0 Å². The van der Waals surface area contributed by atoms with Crippen LogP contribution in [0.1, 0.15) is 5.56 Å². The van der Waals surface area contributed by atoms with Gasteiger partial charge in [-0.1, -0.05) is 109 Å². The van der Waals surface area contributed by atoms with Gasteiger partial charge in [0.15, 0.2) is 17.5 Å². The minimum absolute atomic E-state index is 0.649. The van der Waals surface area contributed by atoms with Gasteiger partial charge in [0, 0.05) is 28.5 Å². The molecule has 4 heteroatoms. The van der Waals surface area contributed by atoms with Crippen LogP contribution in [-0.2, 0) is 0 Å². The van der Waals surface area contributed by atoms with Crippen LogP contribution in [0.15, 0.2) is 128 Å². The van der Waals surface area contributed by atoms with Gasteiger partial charge in [0.25, 0.3) is 0 Å². The Morgan fingerprint density at radius 1 is 0.405 bits per heavy atom. The number of aryl methyl sites for hydroxylation is 1. The van der Waals surface area contributed by atoms with Gasteiger partial charge in [0.1, 0.15) is 0 Å². The lowest BCUT2D eigenvalue weighted by molar-refractivity contribution is 1.07. The second-order valence-corrected chi connectivity index (χ2v) is 8.91. The minimum atomic E-state index is 0.649. The Hall–Kier alpha value is -4.96. The number of hydrogen-bond acceptors (Lipinski definition) is 4. The van der Waals surface area contributed by atoms with Crippen molar-refractivity contribution < 1.29 is 0 Å². The fourth-order valence-electron chi connectivity index (χ4n) is 4.26. The molecule has 4 aromatic carbocycles. The van der Waals surface area contributed by atoms with Crippen molar-refractivity contribution in [2.45, 2.75) is 6.92 Å². The van der Waals surface area contributed by atoms with E-state index in [1.165, 1.54) is 5.56 Å². The third kappa shape index (κ3) is 4.91. The van der Waals surface area contributed by atoms with E-state index in [0.717, 1.165) is 39.1 Å². The van der Waals surface area contributed by atoms with E-state index >= 15 is 0 Å². The molecular weight excluding hydrogens is 452 g/mol. The number of hydrogen-bond donors (Lipinski definition) is 0. The van der Waals surface area contributed by atoms with Crippen molar-refractivity contribution in [1.82, 2.24) is 19.9 Å². The zero-order valence-corrected chi connectivity index (χ0v) is 20.4. The van der Waals surface area contributed by atoms with Crippen LogP contribution in [0.5, 0.6) is 0 Å². The SMILES string of the molecule is Cc1ccc(-c2nc(-c3ccccc3)nc(-c3cccc(-c4ccc(-c5ccccn5)cc4)c3)n2)cc1. The van der Waals surface area contributed by atoms with Crippen molar-refractivity contribution in [2.24, 2.45) is 0 Å². The van der Waals surface area contributed by atoms with Gasteiger partial charge in [-0.3, -0.25) is 4.98 Å². The maximum absolute atomic E-state index is 4.89. The molecule has 0 amide bonds. The van der Waals surface area contributed by atoms with E-state index < -0.39 is 0 Å². The fraction of sp³-hybridized carbons (Fsp3) is 0.0303. The first kappa shape index (κ1) is 22.5. The molecule has 0 unspecified atom stereocenters. The van der Waals surface area contributed by atoms with Crippen LogP contribution in [-0.4, -0.2) is 19.9 Å². The van der Waals surface area contributed by atoms with Crippen LogP contribution in [0.25, 0.3) is 56.5 Å². The lowest BCUT2D eigenvalue weighted by Gasteiger charge is -2.10. The predicted octanol–water partition coefficient (Wildman–Crippen LogP) is 7.91.